The summed E-state index contributed by atoms with van der Waals surface area (Å²) in [4.78, 5) is 15.2. The van der Waals surface area contributed by atoms with Crippen molar-refractivity contribution in [3.05, 3.63) is 70.2 Å². The van der Waals surface area contributed by atoms with Gasteiger partial charge in [-0.25, -0.2) is 0 Å². The Labute approximate surface area is 148 Å². The molecule has 0 amide bonds. The van der Waals surface area contributed by atoms with Crippen LogP contribution in [-0.2, 0) is 0 Å². The van der Waals surface area contributed by atoms with E-state index in [0.717, 1.165) is 11.6 Å². The van der Waals surface area contributed by atoms with Crippen molar-refractivity contribution in [3.8, 4) is 0 Å². The van der Waals surface area contributed by atoms with Crippen molar-refractivity contribution < 1.29 is 4.79 Å². The van der Waals surface area contributed by atoms with E-state index in [-0.39, 0.29) is 5.78 Å². The molecule has 2 atom stereocenters. The van der Waals surface area contributed by atoms with Crippen molar-refractivity contribution in [2.75, 3.05) is 6.54 Å². The lowest BCUT2D eigenvalue weighted by Crippen LogP contribution is -2.35. The number of carbonyl (C=O) groups excluding carboxylic acids is 1. The number of halogens is 1. The molecule has 2 fully saturated rings. The standard InChI is InChI=1S/C21H22ClNO/c22-18-10-8-17(9-11-18)21(24)16-6-4-15(5-7-16)20-13-12-19-3-1-2-14-23(19)20/h4-11,19-20H,1-3,12-14H2. The number of carbonyl (C=O) groups is 1. The van der Waals surface area contributed by atoms with Crippen LogP contribution in [0.3, 0.4) is 0 Å². The highest BCUT2D eigenvalue weighted by atomic mass is 35.5. The zero-order valence-electron chi connectivity index (χ0n) is 13.7. The van der Waals surface area contributed by atoms with Crippen molar-refractivity contribution in [1.82, 2.24) is 4.90 Å². The Morgan fingerprint density at radius 3 is 2.25 bits per heavy atom. The molecule has 0 bridgehead atoms. The molecule has 124 valence electrons. The number of benzene rings is 2. The van der Waals surface area contributed by atoms with Crippen LogP contribution in [0.2, 0.25) is 5.02 Å². The highest BCUT2D eigenvalue weighted by Crippen LogP contribution is 2.40. The van der Waals surface area contributed by atoms with E-state index in [4.69, 9.17) is 11.6 Å². The lowest BCUT2D eigenvalue weighted by molar-refractivity contribution is 0.103. The predicted octanol–water partition coefficient (Wildman–Crippen LogP) is 5.26. The molecule has 0 N–H and O–H groups in total. The maximum absolute atomic E-state index is 12.6. The van der Waals surface area contributed by atoms with Crippen LogP contribution < -0.4 is 0 Å². The first kappa shape index (κ1) is 15.9. The van der Waals surface area contributed by atoms with Crippen molar-refractivity contribution in [2.45, 2.75) is 44.2 Å². The Morgan fingerprint density at radius 2 is 1.54 bits per heavy atom. The highest BCUT2D eigenvalue weighted by molar-refractivity contribution is 6.30. The number of piperidine rings is 1. The normalized spacial score (nSPS) is 23.9. The molecule has 0 radical (unpaired) electrons. The third-order valence-corrected chi connectivity index (χ3v) is 5.76. The minimum atomic E-state index is 0.0560. The number of rotatable bonds is 3. The molecule has 2 unspecified atom stereocenters. The van der Waals surface area contributed by atoms with E-state index in [1.807, 2.05) is 12.1 Å². The smallest absolute Gasteiger partial charge is 0.193 e. The predicted molar refractivity (Wildman–Crippen MR) is 97.6 cm³/mol. The topological polar surface area (TPSA) is 20.3 Å². The molecular formula is C21H22ClNO. The molecule has 2 aromatic rings. The molecule has 0 aliphatic carbocycles. The Morgan fingerprint density at radius 1 is 0.875 bits per heavy atom. The van der Waals surface area contributed by atoms with E-state index in [1.165, 1.54) is 44.2 Å². The van der Waals surface area contributed by atoms with E-state index in [1.54, 1.807) is 24.3 Å². The zero-order valence-corrected chi connectivity index (χ0v) is 14.5. The summed E-state index contributed by atoms with van der Waals surface area (Å²) in [7, 11) is 0. The molecule has 4 rings (SSSR count). The Balaban J connectivity index is 1.52. The first-order valence-corrected chi connectivity index (χ1v) is 9.26. The maximum Gasteiger partial charge on any atom is 0.193 e. The first-order chi connectivity index (χ1) is 11.7. The van der Waals surface area contributed by atoms with Gasteiger partial charge in [0.2, 0.25) is 0 Å². The molecule has 2 saturated heterocycles. The van der Waals surface area contributed by atoms with E-state index < -0.39 is 0 Å². The SMILES string of the molecule is O=C(c1ccc(Cl)cc1)c1ccc(C2CCC3CCCCN32)cc1. The Kier molecular flexibility index (Phi) is 4.43. The number of hydrogen-bond donors (Lipinski definition) is 0. The van der Waals surface area contributed by atoms with Crippen molar-refractivity contribution >= 4 is 17.4 Å². The summed E-state index contributed by atoms with van der Waals surface area (Å²) >= 11 is 5.90. The van der Waals surface area contributed by atoms with E-state index in [2.05, 4.69) is 17.0 Å². The summed E-state index contributed by atoms with van der Waals surface area (Å²) < 4.78 is 0. The van der Waals surface area contributed by atoms with Crippen LogP contribution in [0, 0.1) is 0 Å². The van der Waals surface area contributed by atoms with Gasteiger partial charge in [0, 0.05) is 28.2 Å². The third kappa shape index (κ3) is 3.01. The molecule has 24 heavy (non-hydrogen) atoms. The Hall–Kier alpha value is -1.64. The van der Waals surface area contributed by atoms with Gasteiger partial charge in [-0.15, -0.1) is 0 Å². The molecular weight excluding hydrogens is 318 g/mol. The van der Waals surface area contributed by atoms with Gasteiger partial charge in [0.1, 0.15) is 0 Å². The average molecular weight is 340 g/mol. The van der Waals surface area contributed by atoms with Gasteiger partial charge in [-0.2, -0.15) is 0 Å². The van der Waals surface area contributed by atoms with Crippen molar-refractivity contribution in [1.29, 1.82) is 0 Å². The zero-order chi connectivity index (χ0) is 16.5. The van der Waals surface area contributed by atoms with Gasteiger partial charge in [-0.05, 0) is 62.1 Å². The van der Waals surface area contributed by atoms with Crippen LogP contribution in [0.15, 0.2) is 48.5 Å². The van der Waals surface area contributed by atoms with Crippen LogP contribution in [0.4, 0.5) is 0 Å². The fourth-order valence-corrected chi connectivity index (χ4v) is 4.37. The average Bonchev–Trinajstić information content (AvgIpc) is 3.06. The maximum atomic E-state index is 12.6. The largest absolute Gasteiger partial charge is 0.293 e. The second kappa shape index (κ2) is 6.70. The summed E-state index contributed by atoms with van der Waals surface area (Å²) in [6.45, 7) is 1.22. The van der Waals surface area contributed by atoms with Gasteiger partial charge in [-0.1, -0.05) is 42.3 Å². The number of hydrogen-bond acceptors (Lipinski definition) is 2. The van der Waals surface area contributed by atoms with Gasteiger partial charge in [-0.3, -0.25) is 9.69 Å². The Bertz CT molecular complexity index is 723. The summed E-state index contributed by atoms with van der Waals surface area (Å²) in [6.07, 6.45) is 6.61. The second-order valence-electron chi connectivity index (χ2n) is 6.94. The molecule has 0 aromatic heterocycles. The lowest BCUT2D eigenvalue weighted by Gasteiger charge is -2.34. The monoisotopic (exact) mass is 339 g/mol. The fourth-order valence-electron chi connectivity index (χ4n) is 4.24. The first-order valence-electron chi connectivity index (χ1n) is 8.88. The molecule has 2 heterocycles. The number of nitrogens with zero attached hydrogens (tertiary/aromatic N) is 1. The minimum absolute atomic E-state index is 0.0560. The summed E-state index contributed by atoms with van der Waals surface area (Å²) in [6, 6.07) is 16.6. The van der Waals surface area contributed by atoms with Crippen LogP contribution in [0.25, 0.3) is 0 Å². The molecule has 3 heteroatoms. The number of fused-ring (bicyclic) bond motifs is 1. The fraction of sp³-hybridized carbons (Fsp3) is 0.381. The molecule has 0 spiro atoms. The van der Waals surface area contributed by atoms with Gasteiger partial charge in [0.25, 0.3) is 0 Å². The van der Waals surface area contributed by atoms with E-state index in [9.17, 15) is 4.79 Å². The van der Waals surface area contributed by atoms with Gasteiger partial charge in [0.15, 0.2) is 5.78 Å². The number of ketones is 1. The van der Waals surface area contributed by atoms with Crippen LogP contribution >= 0.6 is 11.6 Å². The lowest BCUT2D eigenvalue weighted by atomic mass is 9.98. The van der Waals surface area contributed by atoms with Gasteiger partial charge < -0.3 is 0 Å². The van der Waals surface area contributed by atoms with Crippen molar-refractivity contribution in [3.63, 3.8) is 0 Å². The van der Waals surface area contributed by atoms with E-state index >= 15 is 0 Å². The van der Waals surface area contributed by atoms with Crippen LogP contribution in [-0.4, -0.2) is 23.3 Å². The van der Waals surface area contributed by atoms with Crippen LogP contribution in [0.5, 0.6) is 0 Å². The molecule has 2 aliphatic heterocycles. The summed E-state index contributed by atoms with van der Waals surface area (Å²) in [5.74, 6) is 0.0560. The molecule has 2 aromatic carbocycles. The van der Waals surface area contributed by atoms with Gasteiger partial charge >= 0.3 is 0 Å². The quantitative estimate of drug-likeness (QED) is 0.711. The van der Waals surface area contributed by atoms with E-state index in [0.29, 0.717) is 16.6 Å². The molecule has 2 aliphatic rings. The van der Waals surface area contributed by atoms with Gasteiger partial charge in [0.05, 0.1) is 0 Å². The summed E-state index contributed by atoms with van der Waals surface area (Å²) in [5.41, 5.74) is 2.78. The third-order valence-electron chi connectivity index (χ3n) is 5.51. The highest BCUT2D eigenvalue weighted by Gasteiger charge is 2.35. The summed E-state index contributed by atoms with van der Waals surface area (Å²) in [5, 5.41) is 0.652. The second-order valence-corrected chi connectivity index (χ2v) is 7.38. The molecule has 0 saturated carbocycles. The van der Waals surface area contributed by atoms with Crippen molar-refractivity contribution in [2.24, 2.45) is 0 Å². The minimum Gasteiger partial charge on any atom is -0.293 e. The molecule has 2 nitrogen and oxygen atoms in total. The van der Waals surface area contributed by atoms with Crippen LogP contribution in [0.1, 0.15) is 59.6 Å².